The quantitative estimate of drug-likeness (QED) is 0.348. The third kappa shape index (κ3) is 5.90. The highest BCUT2D eigenvalue weighted by atomic mass is 35.5. The van der Waals surface area contributed by atoms with E-state index in [1.807, 2.05) is 49.1 Å². The lowest BCUT2D eigenvalue weighted by Crippen LogP contribution is -2.45. The molecule has 1 aliphatic heterocycles. The zero-order valence-corrected chi connectivity index (χ0v) is 20.2. The minimum Gasteiger partial charge on any atom is -0.477 e. The predicted octanol–water partition coefficient (Wildman–Crippen LogP) is 6.13. The van der Waals surface area contributed by atoms with Crippen LogP contribution in [0.15, 0.2) is 60.4 Å². The van der Waals surface area contributed by atoms with Gasteiger partial charge in [0.15, 0.2) is 5.76 Å². The second-order valence-electron chi connectivity index (χ2n) is 9.02. The zero-order valence-electron chi connectivity index (χ0n) is 18.7. The third-order valence-corrected chi connectivity index (χ3v) is 6.18. The number of nitrogens with zero attached hydrogens (tertiary/aromatic N) is 1. The Morgan fingerprint density at radius 1 is 1.12 bits per heavy atom. The lowest BCUT2D eigenvalue weighted by molar-refractivity contribution is -0.149. The summed E-state index contributed by atoms with van der Waals surface area (Å²) in [5, 5.41) is 1.18. The van der Waals surface area contributed by atoms with Crippen LogP contribution >= 0.6 is 23.2 Å². The molecule has 2 atom stereocenters. The van der Waals surface area contributed by atoms with E-state index in [0.29, 0.717) is 22.5 Å². The van der Waals surface area contributed by atoms with Gasteiger partial charge in [0.05, 0.1) is 18.7 Å². The van der Waals surface area contributed by atoms with Crippen molar-refractivity contribution in [2.45, 2.75) is 38.8 Å². The number of hydrogen-bond donors (Lipinski definition) is 0. The maximum atomic E-state index is 13.5. The van der Waals surface area contributed by atoms with Crippen molar-refractivity contribution in [3.63, 3.8) is 0 Å². The number of halogens is 2. The van der Waals surface area contributed by atoms with Crippen molar-refractivity contribution in [2.75, 3.05) is 13.2 Å². The minimum atomic E-state index is -0.590. The topological polar surface area (TPSA) is 55.8 Å². The van der Waals surface area contributed by atoms with Crippen LogP contribution in [0.2, 0.25) is 10.0 Å². The number of amides is 1. The first-order valence-electron chi connectivity index (χ1n) is 11.2. The maximum Gasteiger partial charge on any atom is 0.334 e. The number of morpholine rings is 1. The first-order chi connectivity index (χ1) is 15.8. The molecule has 2 fully saturated rings. The molecule has 1 saturated heterocycles. The Hall–Kier alpha value is -2.50. The summed E-state index contributed by atoms with van der Waals surface area (Å²) in [4.78, 5) is 27.8. The van der Waals surface area contributed by atoms with Gasteiger partial charge in [0, 0.05) is 16.6 Å². The molecule has 0 unspecified atom stereocenters. The van der Waals surface area contributed by atoms with E-state index >= 15 is 0 Å². The van der Waals surface area contributed by atoms with E-state index in [9.17, 15) is 9.59 Å². The average Bonchev–Trinajstić information content (AvgIpc) is 3.60. The lowest BCUT2D eigenvalue weighted by Gasteiger charge is -2.42. The maximum absolute atomic E-state index is 13.5. The molecule has 1 aliphatic carbocycles. The summed E-state index contributed by atoms with van der Waals surface area (Å²) in [5.41, 5.74) is 1.72. The second kappa shape index (κ2) is 10.2. The largest absolute Gasteiger partial charge is 0.477 e. The second-order valence-corrected chi connectivity index (χ2v) is 9.90. The van der Waals surface area contributed by atoms with E-state index in [0.717, 1.165) is 24.0 Å². The normalized spacial score (nSPS) is 21.9. The van der Waals surface area contributed by atoms with Crippen molar-refractivity contribution < 1.29 is 19.1 Å². The van der Waals surface area contributed by atoms with Crippen molar-refractivity contribution in [3.05, 3.63) is 81.5 Å². The number of carbonyl (C=O) groups is 2. The average molecular weight is 488 g/mol. The van der Waals surface area contributed by atoms with Gasteiger partial charge in [0.2, 0.25) is 0 Å². The highest BCUT2D eigenvalue weighted by Crippen LogP contribution is 2.45. The van der Waals surface area contributed by atoms with Gasteiger partial charge in [-0.2, -0.15) is 0 Å². The summed E-state index contributed by atoms with van der Waals surface area (Å²) in [6.07, 6.45) is 2.77. The van der Waals surface area contributed by atoms with Crippen LogP contribution < -0.4 is 0 Å². The number of hydrogen-bond acceptors (Lipinski definition) is 4. The number of ether oxygens (including phenoxy) is 2. The Morgan fingerprint density at radius 2 is 1.85 bits per heavy atom. The van der Waals surface area contributed by atoms with E-state index in [-0.39, 0.29) is 24.2 Å². The Balaban J connectivity index is 1.75. The van der Waals surface area contributed by atoms with E-state index in [1.54, 1.807) is 18.2 Å². The van der Waals surface area contributed by atoms with Crippen molar-refractivity contribution >= 4 is 35.1 Å². The smallest absolute Gasteiger partial charge is 0.334 e. The van der Waals surface area contributed by atoms with Crippen LogP contribution in [0.3, 0.4) is 0 Å². The molecule has 5 nitrogen and oxygen atoms in total. The first-order valence-corrected chi connectivity index (χ1v) is 11.9. The highest BCUT2D eigenvalue weighted by Gasteiger charge is 2.44. The van der Waals surface area contributed by atoms with Gasteiger partial charge < -0.3 is 14.4 Å². The monoisotopic (exact) mass is 487 g/mol. The summed E-state index contributed by atoms with van der Waals surface area (Å²) in [6.45, 7) is 4.76. The van der Waals surface area contributed by atoms with Gasteiger partial charge in [-0.15, -0.1) is 0 Å². The number of benzene rings is 2. The molecule has 2 aliphatic rings. The summed E-state index contributed by atoms with van der Waals surface area (Å²) in [7, 11) is 0. The van der Waals surface area contributed by atoms with Gasteiger partial charge in [-0.05, 0) is 60.1 Å². The molecule has 174 valence electrons. The Labute approximate surface area is 204 Å². The minimum absolute atomic E-state index is 0.0143. The van der Waals surface area contributed by atoms with Crippen LogP contribution in [0.25, 0.3) is 0 Å². The zero-order chi connectivity index (χ0) is 23.5. The number of esters is 1. The molecule has 1 saturated carbocycles. The molecule has 4 rings (SSSR count). The molecule has 0 radical (unpaired) electrons. The van der Waals surface area contributed by atoms with Gasteiger partial charge >= 0.3 is 5.97 Å². The van der Waals surface area contributed by atoms with Crippen LogP contribution in [-0.2, 0) is 19.1 Å². The van der Waals surface area contributed by atoms with Gasteiger partial charge in [-0.3, -0.25) is 4.79 Å². The fraction of sp³-hybridized carbons (Fsp3) is 0.385. The fourth-order valence-corrected chi connectivity index (χ4v) is 4.22. The predicted molar refractivity (Wildman–Crippen MR) is 128 cm³/mol. The number of rotatable bonds is 7. The van der Waals surface area contributed by atoms with Gasteiger partial charge in [0.1, 0.15) is 6.10 Å². The summed E-state index contributed by atoms with van der Waals surface area (Å²) >= 11 is 12.4. The van der Waals surface area contributed by atoms with E-state index in [1.165, 1.54) is 6.08 Å². The van der Waals surface area contributed by atoms with Crippen molar-refractivity contribution in [2.24, 2.45) is 11.8 Å². The molecule has 2 aromatic carbocycles. The molecule has 1 heterocycles. The summed E-state index contributed by atoms with van der Waals surface area (Å²) in [6, 6.07) is 14.4. The van der Waals surface area contributed by atoms with Gasteiger partial charge in [-0.1, -0.05) is 61.3 Å². The number of carbonyl (C=O) groups excluding carboxylic acids is 2. The van der Waals surface area contributed by atoms with Crippen LogP contribution in [0.5, 0.6) is 0 Å². The molecule has 7 heteroatoms. The first kappa shape index (κ1) is 23.7. The van der Waals surface area contributed by atoms with Gasteiger partial charge in [0.25, 0.3) is 5.91 Å². The van der Waals surface area contributed by atoms with E-state index in [2.05, 4.69) is 0 Å². The van der Waals surface area contributed by atoms with Gasteiger partial charge in [-0.25, -0.2) is 4.79 Å². The fourth-order valence-electron chi connectivity index (χ4n) is 3.90. The molecule has 0 spiro atoms. The standard InChI is InChI=1S/C26H27Cl2NO4/c1-16(2)15-32-23(30)13-22-26(31)29(14-17-6-7-17)24(18-8-10-20(27)11-9-18)25(33-22)19-4-3-5-21(28)12-19/h3-5,8-13,16-17,24-25H,6-7,14-15H2,1-2H3/b22-13-/t24-,25-/m1/s1. The molecule has 0 aromatic heterocycles. The summed E-state index contributed by atoms with van der Waals surface area (Å²) < 4.78 is 11.5. The molecular formula is C26H27Cl2NO4. The molecule has 0 bridgehead atoms. The Morgan fingerprint density at radius 3 is 2.48 bits per heavy atom. The van der Waals surface area contributed by atoms with Crippen molar-refractivity contribution in [1.29, 1.82) is 0 Å². The van der Waals surface area contributed by atoms with E-state index < -0.39 is 18.1 Å². The van der Waals surface area contributed by atoms with Crippen LogP contribution in [0.1, 0.15) is 50.0 Å². The highest BCUT2D eigenvalue weighted by molar-refractivity contribution is 6.30. The molecule has 1 amide bonds. The molecule has 2 aromatic rings. The molecular weight excluding hydrogens is 461 g/mol. The van der Waals surface area contributed by atoms with Crippen LogP contribution in [0.4, 0.5) is 0 Å². The van der Waals surface area contributed by atoms with Crippen LogP contribution in [-0.4, -0.2) is 29.9 Å². The third-order valence-electron chi connectivity index (χ3n) is 5.70. The van der Waals surface area contributed by atoms with Crippen molar-refractivity contribution in [1.82, 2.24) is 4.90 Å². The van der Waals surface area contributed by atoms with Crippen LogP contribution in [0, 0.1) is 11.8 Å². The Bertz CT molecular complexity index is 1050. The van der Waals surface area contributed by atoms with E-state index in [4.69, 9.17) is 32.7 Å². The van der Waals surface area contributed by atoms with Crippen molar-refractivity contribution in [3.8, 4) is 0 Å². The molecule has 33 heavy (non-hydrogen) atoms. The lowest BCUT2D eigenvalue weighted by atomic mass is 9.92. The molecule has 0 N–H and O–H groups in total. The summed E-state index contributed by atoms with van der Waals surface area (Å²) in [5.74, 6) is -0.291. The SMILES string of the molecule is CC(C)COC(=O)/C=C1\O[C@H](c2cccc(Cl)c2)[C@@H](c2ccc(Cl)cc2)N(CC2CC2)C1=O. The Kier molecular flexibility index (Phi) is 7.30.